The van der Waals surface area contributed by atoms with E-state index in [4.69, 9.17) is 8.83 Å². The molecule has 14 aromatic rings. The Morgan fingerprint density at radius 2 is 0.610 bits per heavy atom. The summed E-state index contributed by atoms with van der Waals surface area (Å²) in [6.45, 7) is 0. The van der Waals surface area contributed by atoms with Gasteiger partial charge in [0.1, 0.15) is 22.3 Å². The van der Waals surface area contributed by atoms with Crippen LogP contribution < -0.4 is 9.80 Å². The first-order valence-electron chi connectivity index (χ1n) is 26.4. The van der Waals surface area contributed by atoms with Crippen LogP contribution in [0, 0.1) is 0 Å². The number of benzene rings is 12. The van der Waals surface area contributed by atoms with Crippen LogP contribution in [0.1, 0.15) is 22.3 Å². The average molecular weight is 983 g/mol. The van der Waals surface area contributed by atoms with Gasteiger partial charge in [0.25, 0.3) is 0 Å². The molecule has 1 spiro atoms. The number of rotatable bonds is 6. The lowest BCUT2D eigenvalue weighted by atomic mass is 9.59. The summed E-state index contributed by atoms with van der Waals surface area (Å²) in [7, 11) is 0. The van der Waals surface area contributed by atoms with Crippen LogP contribution in [0.3, 0.4) is 0 Å². The van der Waals surface area contributed by atoms with E-state index in [1.807, 2.05) is 12.1 Å². The molecule has 360 valence electrons. The van der Waals surface area contributed by atoms with Crippen LogP contribution in [-0.2, 0) is 5.41 Å². The Kier molecular flexibility index (Phi) is 9.52. The number of fused-ring (bicyclic) bond motifs is 14. The normalized spacial score (nSPS) is 13.2. The van der Waals surface area contributed by atoms with Gasteiger partial charge in [0, 0.05) is 32.9 Å². The summed E-state index contributed by atoms with van der Waals surface area (Å²) >= 11 is 0. The minimum atomic E-state index is -0.768. The van der Waals surface area contributed by atoms with Crippen molar-refractivity contribution in [3.63, 3.8) is 0 Å². The van der Waals surface area contributed by atoms with Crippen molar-refractivity contribution in [2.45, 2.75) is 5.41 Å². The van der Waals surface area contributed by atoms with Gasteiger partial charge >= 0.3 is 0 Å². The molecule has 0 unspecified atom stereocenters. The van der Waals surface area contributed by atoms with Gasteiger partial charge in [-0.15, -0.1) is 0 Å². The summed E-state index contributed by atoms with van der Waals surface area (Å²) in [5.41, 5.74) is 23.6. The van der Waals surface area contributed by atoms with E-state index in [1.54, 1.807) is 0 Å². The first kappa shape index (κ1) is 43.3. The van der Waals surface area contributed by atoms with E-state index in [1.165, 1.54) is 33.4 Å². The average Bonchev–Trinajstić information content (AvgIpc) is 4.27. The Morgan fingerprint density at radius 3 is 1.06 bits per heavy atom. The van der Waals surface area contributed by atoms with E-state index in [0.29, 0.717) is 0 Å². The Bertz CT molecular complexity index is 4330. The molecule has 0 atom stereocenters. The molecule has 4 nitrogen and oxygen atoms in total. The van der Waals surface area contributed by atoms with Crippen LogP contribution in [0.4, 0.5) is 34.1 Å². The summed E-state index contributed by atoms with van der Waals surface area (Å²) < 4.78 is 12.7. The SMILES string of the molecule is c1ccc(-c2ccc3c(c2)C2(c4ccccc4N3c3ccc(-c4cccc5oc6ccccc6c45)cc3)c3ccccc3N(c3ccc(-c4cccc5oc6ccccc6c45)cc3)c3ccc(-c4ccccc4)cc32)cc1. The largest absolute Gasteiger partial charge is 0.456 e. The fraction of sp³-hybridized carbons (Fsp3) is 0.0137. The predicted molar refractivity (Wildman–Crippen MR) is 318 cm³/mol. The summed E-state index contributed by atoms with van der Waals surface area (Å²) in [5, 5.41) is 4.51. The minimum absolute atomic E-state index is 0.768. The minimum Gasteiger partial charge on any atom is -0.456 e. The van der Waals surface area contributed by atoms with Crippen LogP contribution in [-0.4, -0.2) is 0 Å². The molecule has 12 aromatic carbocycles. The van der Waals surface area contributed by atoms with E-state index in [9.17, 15) is 0 Å². The molecular weight excluding hydrogens is 937 g/mol. The molecule has 4 heterocycles. The molecule has 0 aliphatic carbocycles. The van der Waals surface area contributed by atoms with Crippen molar-refractivity contribution in [1.82, 2.24) is 0 Å². The monoisotopic (exact) mass is 982 g/mol. The van der Waals surface area contributed by atoms with Gasteiger partial charge in [-0.3, -0.25) is 0 Å². The molecule has 0 radical (unpaired) electrons. The molecule has 2 aliphatic rings. The smallest absolute Gasteiger partial charge is 0.136 e. The van der Waals surface area contributed by atoms with Crippen LogP contribution in [0.25, 0.3) is 88.4 Å². The van der Waals surface area contributed by atoms with E-state index in [2.05, 4.69) is 277 Å². The number of hydrogen-bond acceptors (Lipinski definition) is 4. The molecule has 0 saturated carbocycles. The maximum absolute atomic E-state index is 6.35. The van der Waals surface area contributed by atoms with Crippen molar-refractivity contribution in [3.05, 3.63) is 301 Å². The third-order valence-electron chi connectivity index (χ3n) is 16.3. The van der Waals surface area contributed by atoms with E-state index < -0.39 is 5.41 Å². The van der Waals surface area contributed by atoms with Gasteiger partial charge in [-0.25, -0.2) is 0 Å². The second kappa shape index (κ2) is 16.9. The number of anilines is 6. The third-order valence-corrected chi connectivity index (χ3v) is 16.3. The van der Waals surface area contributed by atoms with Crippen molar-refractivity contribution < 1.29 is 8.83 Å². The fourth-order valence-electron chi connectivity index (χ4n) is 13.0. The molecule has 16 rings (SSSR count). The Morgan fingerprint density at radius 1 is 0.247 bits per heavy atom. The second-order valence-corrected chi connectivity index (χ2v) is 20.3. The van der Waals surface area contributed by atoms with Crippen molar-refractivity contribution >= 4 is 78.0 Å². The molecule has 0 bridgehead atoms. The van der Waals surface area contributed by atoms with Crippen LogP contribution >= 0.6 is 0 Å². The molecule has 0 saturated heterocycles. The molecule has 2 aromatic heterocycles. The first-order chi connectivity index (χ1) is 38.2. The van der Waals surface area contributed by atoms with Crippen molar-refractivity contribution in [2.24, 2.45) is 0 Å². The van der Waals surface area contributed by atoms with Gasteiger partial charge in [0.05, 0.1) is 28.2 Å². The van der Waals surface area contributed by atoms with Crippen molar-refractivity contribution in [1.29, 1.82) is 0 Å². The summed E-state index contributed by atoms with van der Waals surface area (Å²) in [5.74, 6) is 0. The number of nitrogens with zero attached hydrogens (tertiary/aromatic N) is 2. The molecule has 0 fully saturated rings. The maximum Gasteiger partial charge on any atom is 0.136 e. The molecule has 0 amide bonds. The zero-order chi connectivity index (χ0) is 50.6. The van der Waals surface area contributed by atoms with Crippen LogP contribution in [0.15, 0.2) is 288 Å². The first-order valence-corrected chi connectivity index (χ1v) is 26.4. The molecule has 2 aliphatic heterocycles. The second-order valence-electron chi connectivity index (χ2n) is 20.3. The highest BCUT2D eigenvalue weighted by Crippen LogP contribution is 2.65. The maximum atomic E-state index is 6.35. The molecule has 0 N–H and O–H groups in total. The highest BCUT2D eigenvalue weighted by Gasteiger charge is 2.52. The zero-order valence-electron chi connectivity index (χ0n) is 41.8. The van der Waals surface area contributed by atoms with Gasteiger partial charge in [-0.05, 0) is 152 Å². The lowest BCUT2D eigenvalue weighted by Crippen LogP contribution is -2.42. The highest BCUT2D eigenvalue weighted by atomic mass is 16.3. The standard InChI is InChI=1S/C73H46N2O2/c1-3-17-47(18-4-1)51-37-43-65-61(45-51)73(59-25-9-11-27-63(59)74(65)53-39-33-49(34-40-53)55-23-15-31-69-71(55)57-21-7-13-29-67(57)76-69)60-26-10-12-28-64(60)75(66-44-38-52(46-62(66)73)48-19-5-2-6-20-48)54-41-35-50(36-42-54)56-24-16-32-70-72(56)58-22-8-14-30-68(58)77-70/h1-46H. The molecule has 77 heavy (non-hydrogen) atoms. The summed E-state index contributed by atoms with van der Waals surface area (Å²) in [4.78, 5) is 4.97. The Labute approximate surface area is 445 Å². The topological polar surface area (TPSA) is 32.8 Å². The predicted octanol–water partition coefficient (Wildman–Crippen LogP) is 20.1. The van der Waals surface area contributed by atoms with Gasteiger partial charge < -0.3 is 18.6 Å². The van der Waals surface area contributed by atoms with Crippen molar-refractivity contribution in [2.75, 3.05) is 9.80 Å². The van der Waals surface area contributed by atoms with E-state index >= 15 is 0 Å². The van der Waals surface area contributed by atoms with Gasteiger partial charge in [0.2, 0.25) is 0 Å². The van der Waals surface area contributed by atoms with E-state index in [-0.39, 0.29) is 0 Å². The fourth-order valence-corrected chi connectivity index (χ4v) is 13.0. The Hall–Kier alpha value is -10.2. The molecule has 4 heteroatoms. The number of hydrogen-bond donors (Lipinski definition) is 0. The highest BCUT2D eigenvalue weighted by molar-refractivity contribution is 6.14. The lowest BCUT2D eigenvalue weighted by Gasteiger charge is -2.51. The third kappa shape index (κ3) is 6.46. The van der Waals surface area contributed by atoms with E-state index in [0.717, 1.165) is 111 Å². The van der Waals surface area contributed by atoms with Gasteiger partial charge in [-0.2, -0.15) is 0 Å². The van der Waals surface area contributed by atoms with Gasteiger partial charge in [0.15, 0.2) is 0 Å². The quantitative estimate of drug-likeness (QED) is 0.166. The van der Waals surface area contributed by atoms with Crippen LogP contribution in [0.5, 0.6) is 0 Å². The number of para-hydroxylation sites is 4. The zero-order valence-corrected chi connectivity index (χ0v) is 41.8. The van der Waals surface area contributed by atoms with Crippen molar-refractivity contribution in [3.8, 4) is 44.5 Å². The lowest BCUT2D eigenvalue weighted by molar-refractivity contribution is 0.668. The summed E-state index contributed by atoms with van der Waals surface area (Å²) in [6.07, 6.45) is 0. The molecular formula is C73H46N2O2. The Balaban J connectivity index is 0.922. The van der Waals surface area contributed by atoms with Crippen LogP contribution in [0.2, 0.25) is 0 Å². The van der Waals surface area contributed by atoms with Gasteiger partial charge in [-0.1, -0.05) is 194 Å². The summed E-state index contributed by atoms with van der Waals surface area (Å²) in [6, 6.07) is 102. The number of furan rings is 2.